The molecule has 0 spiro atoms. The second-order valence-corrected chi connectivity index (χ2v) is 5.91. The Labute approximate surface area is 139 Å². The summed E-state index contributed by atoms with van der Waals surface area (Å²) < 4.78 is 5.11. The zero-order chi connectivity index (χ0) is 16.2. The van der Waals surface area contributed by atoms with Gasteiger partial charge in [-0.3, -0.25) is 0 Å². The SMILES string of the molecule is COCc1nccc([C@H]2CCCN(c3cc(Cl)nc(N)n3)C2)n1. The molecule has 0 radical (unpaired) electrons. The number of rotatable bonds is 4. The van der Waals surface area contributed by atoms with Gasteiger partial charge in [0.25, 0.3) is 0 Å². The van der Waals surface area contributed by atoms with E-state index >= 15 is 0 Å². The van der Waals surface area contributed by atoms with Crippen molar-refractivity contribution in [3.63, 3.8) is 0 Å². The highest BCUT2D eigenvalue weighted by molar-refractivity contribution is 6.29. The molecule has 1 fully saturated rings. The summed E-state index contributed by atoms with van der Waals surface area (Å²) in [5.41, 5.74) is 6.73. The summed E-state index contributed by atoms with van der Waals surface area (Å²) in [6.45, 7) is 2.15. The first-order chi connectivity index (χ1) is 11.2. The van der Waals surface area contributed by atoms with Crippen LogP contribution >= 0.6 is 11.6 Å². The largest absolute Gasteiger partial charge is 0.377 e. The summed E-state index contributed by atoms with van der Waals surface area (Å²) in [5, 5.41) is 0.360. The van der Waals surface area contributed by atoms with Gasteiger partial charge in [-0.1, -0.05) is 11.6 Å². The van der Waals surface area contributed by atoms with E-state index in [1.54, 1.807) is 19.4 Å². The van der Waals surface area contributed by atoms with E-state index in [4.69, 9.17) is 22.1 Å². The lowest BCUT2D eigenvalue weighted by Gasteiger charge is -2.33. The Hall–Kier alpha value is -1.99. The molecule has 0 saturated carbocycles. The van der Waals surface area contributed by atoms with E-state index in [1.807, 2.05) is 6.07 Å². The molecule has 7 nitrogen and oxygen atoms in total. The molecule has 2 aromatic rings. The van der Waals surface area contributed by atoms with Crippen LogP contribution in [-0.4, -0.2) is 40.1 Å². The molecular formula is C15H19ClN6O. The molecule has 8 heteroatoms. The average Bonchev–Trinajstić information content (AvgIpc) is 2.55. The highest BCUT2D eigenvalue weighted by Gasteiger charge is 2.24. The van der Waals surface area contributed by atoms with Crippen LogP contribution in [0, 0.1) is 0 Å². The molecule has 3 rings (SSSR count). The number of methoxy groups -OCH3 is 1. The molecule has 0 bridgehead atoms. The van der Waals surface area contributed by atoms with Gasteiger partial charge in [0.1, 0.15) is 17.6 Å². The molecule has 23 heavy (non-hydrogen) atoms. The third-order valence-electron chi connectivity index (χ3n) is 3.86. The Morgan fingerprint density at radius 2 is 2.26 bits per heavy atom. The first kappa shape index (κ1) is 15.9. The van der Waals surface area contributed by atoms with Crippen molar-refractivity contribution in [2.75, 3.05) is 30.8 Å². The Kier molecular flexibility index (Phi) is 4.88. The number of hydrogen-bond acceptors (Lipinski definition) is 7. The molecule has 1 aliphatic heterocycles. The van der Waals surface area contributed by atoms with Crippen molar-refractivity contribution >= 4 is 23.4 Å². The standard InChI is InChI=1S/C15H19ClN6O/c1-23-9-13-18-5-4-11(19-13)10-3-2-6-22(8-10)14-7-12(16)20-15(17)21-14/h4-5,7,10H,2-3,6,8-9H2,1H3,(H2,17,20,21)/t10-/m0/s1. The monoisotopic (exact) mass is 334 g/mol. The van der Waals surface area contributed by atoms with Gasteiger partial charge >= 0.3 is 0 Å². The highest BCUT2D eigenvalue weighted by Crippen LogP contribution is 2.29. The molecule has 1 atom stereocenters. The van der Waals surface area contributed by atoms with Crippen LogP contribution in [-0.2, 0) is 11.3 Å². The van der Waals surface area contributed by atoms with E-state index in [-0.39, 0.29) is 5.95 Å². The third kappa shape index (κ3) is 3.86. The predicted octanol–water partition coefficient (Wildman–Crippen LogP) is 2.03. The number of nitrogen functional groups attached to an aromatic ring is 1. The van der Waals surface area contributed by atoms with Crippen LogP contribution in [0.5, 0.6) is 0 Å². The summed E-state index contributed by atoms with van der Waals surface area (Å²) >= 11 is 5.99. The number of halogens is 1. The minimum atomic E-state index is 0.194. The number of piperidine rings is 1. The Morgan fingerprint density at radius 3 is 3.04 bits per heavy atom. The van der Waals surface area contributed by atoms with Crippen LogP contribution < -0.4 is 10.6 Å². The first-order valence-electron chi connectivity index (χ1n) is 7.51. The van der Waals surface area contributed by atoms with E-state index in [1.165, 1.54) is 0 Å². The topological polar surface area (TPSA) is 90.0 Å². The molecule has 2 aromatic heterocycles. The van der Waals surface area contributed by atoms with Crippen molar-refractivity contribution in [2.24, 2.45) is 0 Å². The Morgan fingerprint density at radius 1 is 1.39 bits per heavy atom. The van der Waals surface area contributed by atoms with Crippen molar-refractivity contribution in [3.05, 3.63) is 35.0 Å². The van der Waals surface area contributed by atoms with E-state index < -0.39 is 0 Å². The number of hydrogen-bond donors (Lipinski definition) is 1. The maximum Gasteiger partial charge on any atom is 0.223 e. The number of aromatic nitrogens is 4. The van der Waals surface area contributed by atoms with E-state index in [0.29, 0.717) is 23.5 Å². The smallest absolute Gasteiger partial charge is 0.223 e. The molecule has 0 aliphatic carbocycles. The van der Waals surface area contributed by atoms with Crippen LogP contribution in [0.4, 0.5) is 11.8 Å². The quantitative estimate of drug-likeness (QED) is 0.855. The van der Waals surface area contributed by atoms with Gasteiger partial charge < -0.3 is 15.4 Å². The third-order valence-corrected chi connectivity index (χ3v) is 4.06. The van der Waals surface area contributed by atoms with Crippen molar-refractivity contribution in [2.45, 2.75) is 25.4 Å². The fourth-order valence-electron chi connectivity index (χ4n) is 2.85. The summed E-state index contributed by atoms with van der Waals surface area (Å²) in [6.07, 6.45) is 3.92. The Bertz CT molecular complexity index is 663. The zero-order valence-electron chi connectivity index (χ0n) is 12.9. The normalized spacial score (nSPS) is 18.2. The van der Waals surface area contributed by atoms with Gasteiger partial charge in [-0.15, -0.1) is 0 Å². The minimum Gasteiger partial charge on any atom is -0.377 e. The van der Waals surface area contributed by atoms with Crippen LogP contribution in [0.15, 0.2) is 18.3 Å². The molecule has 0 aromatic carbocycles. The summed E-state index contributed by atoms with van der Waals surface area (Å²) in [6, 6.07) is 3.71. The average molecular weight is 335 g/mol. The zero-order valence-corrected chi connectivity index (χ0v) is 13.7. The fraction of sp³-hybridized carbons (Fsp3) is 0.467. The molecular weight excluding hydrogens is 316 g/mol. The molecule has 0 amide bonds. The Balaban J connectivity index is 1.79. The van der Waals surface area contributed by atoms with E-state index in [0.717, 1.165) is 37.4 Å². The van der Waals surface area contributed by atoms with Gasteiger partial charge in [0.2, 0.25) is 5.95 Å². The van der Waals surface area contributed by atoms with Crippen molar-refractivity contribution in [1.82, 2.24) is 19.9 Å². The lowest BCUT2D eigenvalue weighted by molar-refractivity contribution is 0.177. The van der Waals surface area contributed by atoms with Gasteiger partial charge in [0.05, 0.1) is 0 Å². The van der Waals surface area contributed by atoms with Crippen molar-refractivity contribution < 1.29 is 4.74 Å². The number of nitrogens with zero attached hydrogens (tertiary/aromatic N) is 5. The number of ether oxygens (including phenoxy) is 1. The van der Waals surface area contributed by atoms with Gasteiger partial charge in [-0.05, 0) is 18.9 Å². The molecule has 1 aliphatic rings. The first-order valence-corrected chi connectivity index (χ1v) is 7.89. The van der Waals surface area contributed by atoms with Crippen molar-refractivity contribution in [3.8, 4) is 0 Å². The van der Waals surface area contributed by atoms with E-state index in [2.05, 4.69) is 24.8 Å². The maximum atomic E-state index is 5.99. The minimum absolute atomic E-state index is 0.194. The van der Waals surface area contributed by atoms with Crippen LogP contribution in [0.2, 0.25) is 5.15 Å². The van der Waals surface area contributed by atoms with Gasteiger partial charge in [0, 0.05) is 44.1 Å². The van der Waals surface area contributed by atoms with Crippen LogP contribution in [0.1, 0.15) is 30.3 Å². The predicted molar refractivity (Wildman–Crippen MR) is 88.4 cm³/mol. The second-order valence-electron chi connectivity index (χ2n) is 5.52. The molecule has 2 N–H and O–H groups in total. The summed E-state index contributed by atoms with van der Waals surface area (Å²) in [5.74, 6) is 1.98. The number of nitrogens with two attached hydrogens (primary N) is 1. The van der Waals surface area contributed by atoms with Gasteiger partial charge in [-0.2, -0.15) is 4.98 Å². The molecule has 0 unspecified atom stereocenters. The lowest BCUT2D eigenvalue weighted by Crippen LogP contribution is -2.35. The van der Waals surface area contributed by atoms with E-state index in [9.17, 15) is 0 Å². The molecule has 1 saturated heterocycles. The molecule has 3 heterocycles. The number of anilines is 2. The van der Waals surface area contributed by atoms with Crippen LogP contribution in [0.3, 0.4) is 0 Å². The maximum absolute atomic E-state index is 5.99. The van der Waals surface area contributed by atoms with Gasteiger partial charge in [-0.25, -0.2) is 15.0 Å². The highest BCUT2D eigenvalue weighted by atomic mass is 35.5. The summed E-state index contributed by atoms with van der Waals surface area (Å²) in [7, 11) is 1.64. The second kappa shape index (κ2) is 7.06. The van der Waals surface area contributed by atoms with Gasteiger partial charge in [0.15, 0.2) is 5.82 Å². The molecule has 122 valence electrons. The lowest BCUT2D eigenvalue weighted by atomic mass is 9.94. The van der Waals surface area contributed by atoms with Crippen molar-refractivity contribution in [1.29, 1.82) is 0 Å². The fourth-order valence-corrected chi connectivity index (χ4v) is 3.04. The van der Waals surface area contributed by atoms with Crippen LogP contribution in [0.25, 0.3) is 0 Å². The summed E-state index contributed by atoms with van der Waals surface area (Å²) in [4.78, 5) is 19.2.